The maximum Gasteiger partial charge on any atom is 0.00443 e. The highest BCUT2D eigenvalue weighted by Crippen LogP contribution is 2.10. The van der Waals surface area contributed by atoms with E-state index < -0.39 is 0 Å². The van der Waals surface area contributed by atoms with Gasteiger partial charge in [-0.15, -0.1) is 0 Å². The smallest absolute Gasteiger partial charge is 0.00443 e. The van der Waals surface area contributed by atoms with E-state index in [0.717, 1.165) is 0 Å². The number of benzene rings is 1. The van der Waals surface area contributed by atoms with E-state index in [4.69, 9.17) is 0 Å². The first kappa shape index (κ1) is 17.2. The minimum absolute atomic E-state index is 0.608. The normalized spacial score (nSPS) is 14.2. The van der Waals surface area contributed by atoms with Gasteiger partial charge in [0.15, 0.2) is 0 Å². The highest BCUT2D eigenvalue weighted by molar-refractivity contribution is 5.22. The second-order valence-corrected chi connectivity index (χ2v) is 6.35. The lowest BCUT2D eigenvalue weighted by atomic mass is 10.0. The molecule has 1 heteroatoms. The monoisotopic (exact) mass is 275 g/mol. The summed E-state index contributed by atoms with van der Waals surface area (Å²) >= 11 is 0. The molecule has 2 atom stereocenters. The summed E-state index contributed by atoms with van der Waals surface area (Å²) in [6.45, 7) is 9.09. The maximum atomic E-state index is 3.74. The maximum absolute atomic E-state index is 3.74. The van der Waals surface area contributed by atoms with Crippen LogP contribution in [-0.2, 0) is 6.42 Å². The fourth-order valence-corrected chi connectivity index (χ4v) is 2.78. The van der Waals surface area contributed by atoms with Crippen molar-refractivity contribution in [2.45, 2.75) is 84.7 Å². The Kier molecular flexibility index (Phi) is 8.60. The number of nitrogens with one attached hydrogen (secondary N) is 1. The number of hydrogen-bond donors (Lipinski definition) is 1. The molecule has 0 saturated carbocycles. The Labute approximate surface area is 126 Å². The molecular formula is C19H33N. The highest BCUT2D eigenvalue weighted by Gasteiger charge is 2.07. The van der Waals surface area contributed by atoms with Crippen molar-refractivity contribution in [2.75, 3.05) is 0 Å². The van der Waals surface area contributed by atoms with Crippen LogP contribution in [0.1, 0.15) is 70.4 Å². The summed E-state index contributed by atoms with van der Waals surface area (Å²) in [4.78, 5) is 0. The Morgan fingerprint density at radius 3 is 2.45 bits per heavy atom. The molecule has 0 aliphatic heterocycles. The Bertz CT molecular complexity index is 359. The van der Waals surface area contributed by atoms with Crippen molar-refractivity contribution in [1.82, 2.24) is 5.32 Å². The zero-order chi connectivity index (χ0) is 14.8. The predicted molar refractivity (Wildman–Crippen MR) is 90.3 cm³/mol. The molecule has 0 spiro atoms. The Morgan fingerprint density at radius 1 is 1.00 bits per heavy atom. The van der Waals surface area contributed by atoms with E-state index >= 15 is 0 Å². The van der Waals surface area contributed by atoms with Crippen LogP contribution in [-0.4, -0.2) is 12.1 Å². The molecule has 0 aromatic heterocycles. The lowest BCUT2D eigenvalue weighted by molar-refractivity contribution is 0.415. The highest BCUT2D eigenvalue weighted by atomic mass is 14.9. The van der Waals surface area contributed by atoms with Crippen LogP contribution in [0.4, 0.5) is 0 Å². The van der Waals surface area contributed by atoms with Crippen LogP contribution in [0.25, 0.3) is 0 Å². The number of unbranched alkanes of at least 4 members (excludes halogenated alkanes) is 3. The number of rotatable bonds is 10. The lowest BCUT2D eigenvalue weighted by Gasteiger charge is -2.20. The summed E-state index contributed by atoms with van der Waals surface area (Å²) in [5.41, 5.74) is 2.83. The van der Waals surface area contributed by atoms with Gasteiger partial charge < -0.3 is 5.32 Å². The Balaban J connectivity index is 2.17. The molecule has 0 amide bonds. The third-order valence-electron chi connectivity index (χ3n) is 4.01. The molecule has 20 heavy (non-hydrogen) atoms. The van der Waals surface area contributed by atoms with Gasteiger partial charge in [0.25, 0.3) is 0 Å². The van der Waals surface area contributed by atoms with Gasteiger partial charge in [0.2, 0.25) is 0 Å². The molecule has 0 radical (unpaired) electrons. The molecule has 2 unspecified atom stereocenters. The van der Waals surface area contributed by atoms with Gasteiger partial charge >= 0.3 is 0 Å². The first-order chi connectivity index (χ1) is 9.61. The van der Waals surface area contributed by atoms with Crippen molar-refractivity contribution < 1.29 is 0 Å². The van der Waals surface area contributed by atoms with E-state index in [1.807, 2.05) is 0 Å². The van der Waals surface area contributed by atoms with E-state index in [2.05, 4.69) is 57.3 Å². The number of aryl methyl sites for hydroxylation is 2. The van der Waals surface area contributed by atoms with Crippen LogP contribution < -0.4 is 5.32 Å². The lowest BCUT2D eigenvalue weighted by Crippen LogP contribution is -2.34. The molecule has 0 fully saturated rings. The van der Waals surface area contributed by atoms with Crippen LogP contribution >= 0.6 is 0 Å². The van der Waals surface area contributed by atoms with Gasteiger partial charge in [0, 0.05) is 12.1 Å². The summed E-state index contributed by atoms with van der Waals surface area (Å²) in [6.07, 6.45) is 9.19. The third kappa shape index (κ3) is 7.69. The van der Waals surface area contributed by atoms with E-state index in [1.54, 1.807) is 0 Å². The summed E-state index contributed by atoms with van der Waals surface area (Å²) in [6, 6.07) is 10.1. The summed E-state index contributed by atoms with van der Waals surface area (Å²) in [5, 5.41) is 3.74. The zero-order valence-electron chi connectivity index (χ0n) is 13.9. The minimum atomic E-state index is 0.608. The van der Waals surface area contributed by atoms with Gasteiger partial charge in [0.1, 0.15) is 0 Å². The third-order valence-corrected chi connectivity index (χ3v) is 4.01. The van der Waals surface area contributed by atoms with Crippen molar-refractivity contribution in [3.8, 4) is 0 Å². The topological polar surface area (TPSA) is 12.0 Å². The second-order valence-electron chi connectivity index (χ2n) is 6.35. The van der Waals surface area contributed by atoms with Crippen LogP contribution in [0.5, 0.6) is 0 Å². The van der Waals surface area contributed by atoms with Crippen molar-refractivity contribution in [3.05, 3.63) is 35.4 Å². The van der Waals surface area contributed by atoms with Crippen molar-refractivity contribution >= 4 is 0 Å². The molecule has 0 aliphatic rings. The molecular weight excluding hydrogens is 242 g/mol. The van der Waals surface area contributed by atoms with E-state index in [9.17, 15) is 0 Å². The molecule has 0 bridgehead atoms. The summed E-state index contributed by atoms with van der Waals surface area (Å²) < 4.78 is 0. The summed E-state index contributed by atoms with van der Waals surface area (Å²) in [5.74, 6) is 0. The molecule has 0 saturated heterocycles. The Morgan fingerprint density at radius 2 is 1.75 bits per heavy atom. The van der Waals surface area contributed by atoms with Crippen molar-refractivity contribution in [1.29, 1.82) is 0 Å². The molecule has 1 rings (SSSR count). The first-order valence-corrected chi connectivity index (χ1v) is 8.43. The fourth-order valence-electron chi connectivity index (χ4n) is 2.78. The molecule has 1 aromatic rings. The van der Waals surface area contributed by atoms with Gasteiger partial charge in [-0.25, -0.2) is 0 Å². The van der Waals surface area contributed by atoms with Gasteiger partial charge in [-0.2, -0.15) is 0 Å². The van der Waals surface area contributed by atoms with E-state index in [1.165, 1.54) is 56.1 Å². The van der Waals surface area contributed by atoms with Crippen LogP contribution in [0.2, 0.25) is 0 Å². The standard InChI is InChI=1S/C19H33N/c1-5-6-7-8-11-17(3)20-18(4)13-14-19-12-9-10-16(2)15-19/h9-10,12,15,17-18,20H,5-8,11,13-14H2,1-4H3. The second kappa shape index (κ2) is 9.99. The minimum Gasteiger partial charge on any atom is -0.312 e. The zero-order valence-corrected chi connectivity index (χ0v) is 13.9. The average Bonchev–Trinajstić information content (AvgIpc) is 2.41. The number of hydrogen-bond acceptors (Lipinski definition) is 1. The molecule has 0 heterocycles. The van der Waals surface area contributed by atoms with Gasteiger partial charge in [0.05, 0.1) is 0 Å². The summed E-state index contributed by atoms with van der Waals surface area (Å²) in [7, 11) is 0. The van der Waals surface area contributed by atoms with E-state index in [0.29, 0.717) is 12.1 Å². The average molecular weight is 275 g/mol. The van der Waals surface area contributed by atoms with Crippen LogP contribution in [0.3, 0.4) is 0 Å². The van der Waals surface area contributed by atoms with Gasteiger partial charge in [-0.3, -0.25) is 0 Å². The first-order valence-electron chi connectivity index (χ1n) is 8.43. The van der Waals surface area contributed by atoms with Crippen molar-refractivity contribution in [2.24, 2.45) is 0 Å². The van der Waals surface area contributed by atoms with Gasteiger partial charge in [-0.05, 0) is 45.6 Å². The van der Waals surface area contributed by atoms with Gasteiger partial charge in [-0.1, -0.05) is 62.4 Å². The largest absolute Gasteiger partial charge is 0.312 e. The van der Waals surface area contributed by atoms with Crippen molar-refractivity contribution in [3.63, 3.8) is 0 Å². The Hall–Kier alpha value is -0.820. The van der Waals surface area contributed by atoms with Crippen LogP contribution in [0, 0.1) is 6.92 Å². The molecule has 1 N–H and O–H groups in total. The van der Waals surface area contributed by atoms with E-state index in [-0.39, 0.29) is 0 Å². The van der Waals surface area contributed by atoms with Crippen LogP contribution in [0.15, 0.2) is 24.3 Å². The molecule has 1 nitrogen and oxygen atoms in total. The SMILES string of the molecule is CCCCCCC(C)NC(C)CCc1cccc(C)c1. The molecule has 114 valence electrons. The molecule has 1 aromatic carbocycles. The molecule has 0 aliphatic carbocycles. The quantitative estimate of drug-likeness (QED) is 0.574. The fraction of sp³-hybridized carbons (Fsp3) is 0.684. The predicted octanol–water partition coefficient (Wildman–Crippen LogP) is 5.26.